The molecule has 1 atom stereocenters. The average molecular weight is 436 g/mol. The molecule has 2 heterocycles. The monoisotopic (exact) mass is 436 g/mol. The fraction of sp³-hybridized carbons (Fsp3) is 0.348. The first kappa shape index (κ1) is 21.5. The van der Waals surface area contributed by atoms with E-state index in [0.717, 1.165) is 21.7 Å². The van der Waals surface area contributed by atoms with Gasteiger partial charge in [-0.1, -0.05) is 30.3 Å². The second-order valence-electron chi connectivity index (χ2n) is 7.53. The van der Waals surface area contributed by atoms with Crippen molar-refractivity contribution in [3.05, 3.63) is 60.2 Å². The van der Waals surface area contributed by atoms with Crippen molar-refractivity contribution in [2.45, 2.75) is 19.6 Å². The number of rotatable bonds is 8. The third-order valence-corrected chi connectivity index (χ3v) is 5.41. The average Bonchev–Trinajstić information content (AvgIpc) is 3.23. The van der Waals surface area contributed by atoms with Crippen molar-refractivity contribution in [3.63, 3.8) is 0 Å². The molecule has 0 aliphatic carbocycles. The first-order valence-electron chi connectivity index (χ1n) is 10.7. The fourth-order valence-corrected chi connectivity index (χ4v) is 3.81. The Morgan fingerprint density at radius 2 is 1.81 bits per heavy atom. The van der Waals surface area contributed by atoms with Gasteiger partial charge in [0.2, 0.25) is 0 Å². The predicted octanol–water partition coefficient (Wildman–Crippen LogP) is 1.38. The van der Waals surface area contributed by atoms with E-state index < -0.39 is 18.1 Å². The number of nitrogens with one attached hydrogen (secondary N) is 1. The van der Waals surface area contributed by atoms with Crippen LogP contribution in [-0.2, 0) is 20.8 Å². The molecule has 2 aromatic rings. The number of anilines is 1. The van der Waals surface area contributed by atoms with E-state index in [4.69, 9.17) is 4.74 Å². The van der Waals surface area contributed by atoms with Crippen LogP contribution in [0.5, 0.6) is 5.75 Å². The van der Waals surface area contributed by atoms with Crippen molar-refractivity contribution in [2.75, 3.05) is 37.7 Å². The molecule has 32 heavy (non-hydrogen) atoms. The lowest BCUT2D eigenvalue weighted by atomic mass is 10.1. The number of ether oxygens (including phenoxy) is 1. The number of amides is 3. The highest BCUT2D eigenvalue weighted by Gasteiger charge is 2.49. The van der Waals surface area contributed by atoms with Crippen LogP contribution in [0.15, 0.2) is 59.7 Å². The second kappa shape index (κ2) is 9.59. The van der Waals surface area contributed by atoms with E-state index in [1.54, 1.807) is 0 Å². The highest BCUT2D eigenvalue weighted by molar-refractivity contribution is 6.31. The first-order valence-corrected chi connectivity index (χ1v) is 10.7. The van der Waals surface area contributed by atoms with Crippen molar-refractivity contribution < 1.29 is 23.8 Å². The molecule has 4 rings (SSSR count). The van der Waals surface area contributed by atoms with Crippen molar-refractivity contribution >= 4 is 23.4 Å². The van der Waals surface area contributed by atoms with E-state index in [1.165, 1.54) is 4.90 Å². The van der Waals surface area contributed by atoms with E-state index in [9.17, 15) is 14.4 Å². The summed E-state index contributed by atoms with van der Waals surface area (Å²) < 4.78 is 6.46. The minimum absolute atomic E-state index is 0.291. The van der Waals surface area contributed by atoms with Crippen molar-refractivity contribution in [1.82, 2.24) is 10.2 Å². The van der Waals surface area contributed by atoms with Crippen LogP contribution in [0, 0.1) is 0 Å². The molecule has 9 nitrogen and oxygen atoms in total. The number of fused-ring (bicyclic) bond motifs is 1. The Labute approximate surface area is 186 Å². The smallest absolute Gasteiger partial charge is 0.494 e. The summed E-state index contributed by atoms with van der Waals surface area (Å²) >= 11 is 0. The molecule has 166 valence electrons. The van der Waals surface area contributed by atoms with Gasteiger partial charge in [-0.25, -0.2) is 4.79 Å². The van der Waals surface area contributed by atoms with E-state index in [2.05, 4.69) is 10.4 Å². The predicted molar refractivity (Wildman–Crippen MR) is 116 cm³/mol. The number of nitrogens with zero attached hydrogens (tertiary/aromatic N) is 4. The summed E-state index contributed by atoms with van der Waals surface area (Å²) in [5.74, 6) is -1.03. The van der Waals surface area contributed by atoms with Crippen LogP contribution in [-0.4, -0.2) is 66.4 Å². The Kier molecular flexibility index (Phi) is 6.44. The van der Waals surface area contributed by atoms with Gasteiger partial charge in [-0.15, -0.1) is 0 Å². The van der Waals surface area contributed by atoms with E-state index in [1.807, 2.05) is 66.4 Å². The number of carbonyl (C=O) groups is 3. The topological polar surface area (TPSA) is 94.3 Å². The van der Waals surface area contributed by atoms with Gasteiger partial charge >= 0.3 is 11.8 Å². The summed E-state index contributed by atoms with van der Waals surface area (Å²) in [5, 5.41) is 7.21. The normalized spacial score (nSPS) is 17.8. The molecular formula is C23H26N5O4+. The molecule has 2 aliphatic heterocycles. The zero-order chi connectivity index (χ0) is 22.5. The zero-order valence-electron chi connectivity index (χ0n) is 17.9. The van der Waals surface area contributed by atoms with Crippen LogP contribution in [0.4, 0.5) is 5.69 Å². The Hall–Kier alpha value is -3.75. The van der Waals surface area contributed by atoms with Crippen LogP contribution in [0.25, 0.3) is 0 Å². The van der Waals surface area contributed by atoms with Gasteiger partial charge in [0.05, 0.1) is 6.61 Å². The van der Waals surface area contributed by atoms with Gasteiger partial charge in [-0.3, -0.25) is 14.5 Å². The maximum atomic E-state index is 12.6. The van der Waals surface area contributed by atoms with Crippen LogP contribution in [0.3, 0.4) is 0 Å². The van der Waals surface area contributed by atoms with Gasteiger partial charge in [0.1, 0.15) is 5.75 Å². The lowest BCUT2D eigenvalue weighted by Crippen LogP contribution is -2.53. The second-order valence-corrected chi connectivity index (χ2v) is 7.53. The van der Waals surface area contributed by atoms with Gasteiger partial charge in [-0.2, -0.15) is 0 Å². The third kappa shape index (κ3) is 4.61. The molecule has 2 aliphatic rings. The number of benzene rings is 2. The van der Waals surface area contributed by atoms with Gasteiger partial charge in [0, 0.05) is 30.4 Å². The van der Waals surface area contributed by atoms with Gasteiger partial charge in [0.15, 0.2) is 0 Å². The number of azo groups is 2. The molecule has 0 saturated carbocycles. The van der Waals surface area contributed by atoms with Crippen LogP contribution < -0.4 is 15.0 Å². The molecule has 1 N–H and O–H groups in total. The molecule has 1 fully saturated rings. The molecule has 3 amide bonds. The lowest BCUT2D eigenvalue weighted by Gasteiger charge is -2.27. The number of hydrogen-bond donors (Lipinski definition) is 1. The molecule has 9 heteroatoms. The summed E-state index contributed by atoms with van der Waals surface area (Å²) in [4.78, 5) is 40.8. The fourth-order valence-electron chi connectivity index (χ4n) is 3.81. The van der Waals surface area contributed by atoms with Crippen molar-refractivity contribution in [1.29, 1.82) is 0 Å². The van der Waals surface area contributed by atoms with Crippen molar-refractivity contribution in [2.24, 2.45) is 5.11 Å². The minimum atomic E-state index is -0.784. The van der Waals surface area contributed by atoms with Crippen LogP contribution in [0.2, 0.25) is 0 Å². The Bertz CT molecular complexity index is 1020. The molecule has 1 unspecified atom stereocenters. The highest BCUT2D eigenvalue weighted by Crippen LogP contribution is 2.28. The summed E-state index contributed by atoms with van der Waals surface area (Å²) in [6, 6.07) is 17.3. The zero-order valence-corrected chi connectivity index (χ0v) is 17.9. The van der Waals surface area contributed by atoms with E-state index >= 15 is 0 Å². The van der Waals surface area contributed by atoms with E-state index in [-0.39, 0.29) is 12.5 Å². The summed E-state index contributed by atoms with van der Waals surface area (Å²) in [6.07, 6.45) is 0.0219. The summed E-state index contributed by atoms with van der Waals surface area (Å²) in [6.45, 7) is 3.57. The Morgan fingerprint density at radius 1 is 1.09 bits per heavy atom. The lowest BCUT2D eigenvalue weighted by molar-refractivity contribution is -0.509. The first-order chi connectivity index (χ1) is 15.6. The molecule has 2 aromatic carbocycles. The molecule has 0 spiro atoms. The van der Waals surface area contributed by atoms with Crippen LogP contribution >= 0.6 is 0 Å². The van der Waals surface area contributed by atoms with Gasteiger partial charge < -0.3 is 15.0 Å². The van der Waals surface area contributed by atoms with Gasteiger partial charge in [0.25, 0.3) is 18.7 Å². The SMILES string of the molecule is CCOc1ccc(N2CCN3C(=O)C(=O)[N+](CC(=O)NCCc4ccccc4)=NC32)cc1. The number of hydrogen-bond acceptors (Lipinski definition) is 6. The maximum absolute atomic E-state index is 12.6. The maximum Gasteiger partial charge on any atom is 0.502 e. The molecule has 0 bridgehead atoms. The largest absolute Gasteiger partial charge is 0.502 e. The Morgan fingerprint density at radius 3 is 2.53 bits per heavy atom. The number of carbonyl (C=O) groups excluding carboxylic acids is 3. The van der Waals surface area contributed by atoms with Crippen molar-refractivity contribution in [3.8, 4) is 5.75 Å². The quantitative estimate of drug-likeness (QED) is 0.498. The summed E-state index contributed by atoms with van der Waals surface area (Å²) in [5.41, 5.74) is 1.97. The third-order valence-electron chi connectivity index (χ3n) is 5.41. The summed E-state index contributed by atoms with van der Waals surface area (Å²) in [7, 11) is 0. The molecule has 1 saturated heterocycles. The van der Waals surface area contributed by atoms with Crippen LogP contribution in [0.1, 0.15) is 12.5 Å². The van der Waals surface area contributed by atoms with E-state index in [0.29, 0.717) is 32.7 Å². The molecule has 0 aromatic heterocycles. The highest BCUT2D eigenvalue weighted by atomic mass is 16.5. The minimum Gasteiger partial charge on any atom is -0.494 e. The Balaban J connectivity index is 1.42. The molecular weight excluding hydrogens is 410 g/mol. The standard InChI is InChI=1S/C23H25N5O4/c1-2-32-19-10-8-18(9-11-19)26-14-15-27-21(30)22(31)28(25-23(26)27)16-20(29)24-13-12-17-6-4-3-5-7-17/h3-11,23H,2,12-16H2,1H3/p+1. The molecule has 0 radical (unpaired) electrons. The van der Waals surface area contributed by atoms with Gasteiger partial charge in [-0.05, 0) is 47.9 Å².